The van der Waals surface area contributed by atoms with E-state index in [9.17, 15) is 4.79 Å². The first-order chi connectivity index (χ1) is 11.0. The lowest BCUT2D eigenvalue weighted by molar-refractivity contribution is -0.118. The number of carbonyl (C=O) groups is 1. The van der Waals surface area contributed by atoms with Crippen molar-refractivity contribution in [3.05, 3.63) is 52.5 Å². The van der Waals surface area contributed by atoms with Crippen LogP contribution in [0.15, 0.2) is 36.4 Å². The third kappa shape index (κ3) is 4.38. The summed E-state index contributed by atoms with van der Waals surface area (Å²) in [5, 5.41) is 12.0. The van der Waals surface area contributed by atoms with E-state index in [1.165, 1.54) is 7.11 Å². The minimum atomic E-state index is -0.325. The second-order valence-electron chi connectivity index (χ2n) is 4.77. The van der Waals surface area contributed by atoms with E-state index >= 15 is 0 Å². The normalized spacial score (nSPS) is 9.83. The molecule has 0 aliphatic carbocycles. The summed E-state index contributed by atoms with van der Waals surface area (Å²) >= 11 is 6.03. The highest BCUT2D eigenvalue weighted by molar-refractivity contribution is 6.31. The van der Waals surface area contributed by atoms with Crippen LogP contribution < -0.4 is 14.8 Å². The van der Waals surface area contributed by atoms with Crippen LogP contribution >= 0.6 is 11.6 Å². The Labute approximate surface area is 139 Å². The molecule has 0 aliphatic rings. The van der Waals surface area contributed by atoms with Gasteiger partial charge in [0, 0.05) is 11.1 Å². The van der Waals surface area contributed by atoms with Crippen molar-refractivity contribution < 1.29 is 14.3 Å². The van der Waals surface area contributed by atoms with Crippen LogP contribution in [0.4, 0.5) is 5.69 Å². The molecular weight excluding hydrogens is 316 g/mol. The van der Waals surface area contributed by atoms with Crippen LogP contribution in [0.25, 0.3) is 0 Å². The molecule has 2 aromatic rings. The highest BCUT2D eigenvalue weighted by Gasteiger charge is 2.11. The molecule has 1 amide bonds. The van der Waals surface area contributed by atoms with Crippen LogP contribution in [0, 0.1) is 18.3 Å². The minimum Gasteiger partial charge on any atom is -0.495 e. The first kappa shape index (κ1) is 16.7. The number of aryl methyl sites for hydroxylation is 1. The lowest BCUT2D eigenvalue weighted by Crippen LogP contribution is -2.20. The summed E-state index contributed by atoms with van der Waals surface area (Å²) in [6, 6.07) is 11.9. The molecule has 0 saturated carbocycles. The molecule has 0 fully saturated rings. The Hall–Kier alpha value is -2.71. The lowest BCUT2D eigenvalue weighted by Gasteiger charge is -2.12. The van der Waals surface area contributed by atoms with E-state index in [0.29, 0.717) is 27.8 Å². The first-order valence-corrected chi connectivity index (χ1v) is 7.18. The topological polar surface area (TPSA) is 71.3 Å². The highest BCUT2D eigenvalue weighted by Crippen LogP contribution is 2.30. The number of anilines is 1. The van der Waals surface area contributed by atoms with Gasteiger partial charge in [0.2, 0.25) is 0 Å². The second kappa shape index (κ2) is 7.52. The summed E-state index contributed by atoms with van der Waals surface area (Å²) in [7, 11) is 1.50. The number of benzene rings is 2. The van der Waals surface area contributed by atoms with Crippen molar-refractivity contribution in [2.24, 2.45) is 0 Å². The molecular formula is C17H15ClN2O3. The fourth-order valence-corrected chi connectivity index (χ4v) is 2.04. The quantitative estimate of drug-likeness (QED) is 0.910. The number of carbonyl (C=O) groups excluding carboxylic acids is 1. The number of rotatable bonds is 5. The molecule has 2 rings (SSSR count). The molecule has 0 bridgehead atoms. The lowest BCUT2D eigenvalue weighted by atomic mass is 10.2. The van der Waals surface area contributed by atoms with E-state index in [1.807, 2.05) is 13.0 Å². The highest BCUT2D eigenvalue weighted by atomic mass is 35.5. The van der Waals surface area contributed by atoms with E-state index in [4.69, 9.17) is 26.3 Å². The fraction of sp³-hybridized carbons (Fsp3) is 0.176. The van der Waals surface area contributed by atoms with Crippen LogP contribution in [0.5, 0.6) is 11.5 Å². The molecule has 23 heavy (non-hydrogen) atoms. The summed E-state index contributed by atoms with van der Waals surface area (Å²) < 4.78 is 10.6. The zero-order valence-corrected chi connectivity index (χ0v) is 13.5. The van der Waals surface area contributed by atoms with Gasteiger partial charge in [-0.15, -0.1) is 0 Å². The third-order valence-corrected chi connectivity index (χ3v) is 3.52. The first-order valence-electron chi connectivity index (χ1n) is 6.80. The standard InChI is InChI=1S/C17H15ClN2O3/c1-11-7-15(16(22-2)8-14(11)18)20-17(21)10-23-13-5-3-12(9-19)4-6-13/h3-8H,10H2,1-2H3,(H,20,21). The number of hydrogen-bond donors (Lipinski definition) is 1. The number of amides is 1. The maximum atomic E-state index is 12.0. The van der Waals surface area contributed by atoms with Crippen molar-refractivity contribution in [3.8, 4) is 17.6 Å². The van der Waals surface area contributed by atoms with Crippen LogP contribution in [0.2, 0.25) is 5.02 Å². The van der Waals surface area contributed by atoms with Gasteiger partial charge in [-0.05, 0) is 42.8 Å². The largest absolute Gasteiger partial charge is 0.495 e. The molecule has 2 aromatic carbocycles. The number of nitrogens with zero attached hydrogens (tertiary/aromatic N) is 1. The van der Waals surface area contributed by atoms with Crippen molar-refractivity contribution in [3.63, 3.8) is 0 Å². The van der Waals surface area contributed by atoms with Crippen LogP contribution in [0.3, 0.4) is 0 Å². The van der Waals surface area contributed by atoms with Gasteiger partial charge >= 0.3 is 0 Å². The molecule has 118 valence electrons. The van der Waals surface area contributed by atoms with Gasteiger partial charge in [-0.25, -0.2) is 0 Å². The summed E-state index contributed by atoms with van der Waals surface area (Å²) in [6.45, 7) is 1.68. The Morgan fingerprint density at radius 1 is 1.30 bits per heavy atom. The van der Waals surface area contributed by atoms with Crippen molar-refractivity contribution in [2.45, 2.75) is 6.92 Å². The van der Waals surface area contributed by atoms with Gasteiger partial charge in [-0.3, -0.25) is 4.79 Å². The molecule has 0 unspecified atom stereocenters. The van der Waals surface area contributed by atoms with Gasteiger partial charge in [-0.2, -0.15) is 5.26 Å². The molecule has 0 atom stereocenters. The van der Waals surface area contributed by atoms with Gasteiger partial charge in [0.05, 0.1) is 24.4 Å². The number of ether oxygens (including phenoxy) is 2. The maximum absolute atomic E-state index is 12.0. The van der Waals surface area contributed by atoms with Crippen LogP contribution in [0.1, 0.15) is 11.1 Å². The second-order valence-corrected chi connectivity index (χ2v) is 5.18. The molecule has 1 N–H and O–H groups in total. The van der Waals surface area contributed by atoms with Gasteiger partial charge in [-0.1, -0.05) is 11.6 Å². The molecule has 0 aliphatic heterocycles. The number of methoxy groups -OCH3 is 1. The van der Waals surface area contributed by atoms with Gasteiger partial charge in [0.1, 0.15) is 11.5 Å². The minimum absolute atomic E-state index is 0.156. The van der Waals surface area contributed by atoms with Gasteiger partial charge < -0.3 is 14.8 Å². The number of nitriles is 1. The molecule has 0 heterocycles. The average molecular weight is 331 g/mol. The maximum Gasteiger partial charge on any atom is 0.262 e. The third-order valence-electron chi connectivity index (χ3n) is 3.11. The van der Waals surface area contributed by atoms with Crippen molar-refractivity contribution >= 4 is 23.2 Å². The summed E-state index contributed by atoms with van der Waals surface area (Å²) in [4.78, 5) is 12.0. The van der Waals surface area contributed by atoms with E-state index in [2.05, 4.69) is 5.32 Å². The molecule has 0 spiro atoms. The van der Waals surface area contributed by atoms with Crippen LogP contribution in [-0.2, 0) is 4.79 Å². The zero-order valence-electron chi connectivity index (χ0n) is 12.7. The van der Waals surface area contributed by atoms with E-state index in [0.717, 1.165) is 5.56 Å². The Morgan fingerprint density at radius 2 is 2.00 bits per heavy atom. The predicted octanol–water partition coefficient (Wildman–Crippen LogP) is 3.55. The number of halogens is 1. The van der Waals surface area contributed by atoms with Crippen molar-refractivity contribution in [2.75, 3.05) is 19.0 Å². The smallest absolute Gasteiger partial charge is 0.262 e. The summed E-state index contributed by atoms with van der Waals surface area (Å²) in [5.41, 5.74) is 1.89. The fourth-order valence-electron chi connectivity index (χ4n) is 1.89. The van der Waals surface area contributed by atoms with Crippen molar-refractivity contribution in [1.82, 2.24) is 0 Å². The molecule has 5 nitrogen and oxygen atoms in total. The predicted molar refractivity (Wildman–Crippen MR) is 88.0 cm³/mol. The molecule has 0 saturated heterocycles. The number of nitrogens with one attached hydrogen (secondary N) is 1. The van der Waals surface area contributed by atoms with Crippen LogP contribution in [-0.4, -0.2) is 19.6 Å². The molecule has 0 aromatic heterocycles. The number of hydrogen-bond acceptors (Lipinski definition) is 4. The Kier molecular flexibility index (Phi) is 5.45. The SMILES string of the molecule is COc1cc(Cl)c(C)cc1NC(=O)COc1ccc(C#N)cc1. The summed E-state index contributed by atoms with van der Waals surface area (Å²) in [5.74, 6) is 0.667. The zero-order chi connectivity index (χ0) is 16.8. The monoisotopic (exact) mass is 330 g/mol. The van der Waals surface area contributed by atoms with E-state index < -0.39 is 0 Å². The van der Waals surface area contributed by atoms with E-state index in [1.54, 1.807) is 36.4 Å². The Bertz CT molecular complexity index is 752. The van der Waals surface area contributed by atoms with Gasteiger partial charge in [0.25, 0.3) is 5.91 Å². The molecule has 0 radical (unpaired) electrons. The van der Waals surface area contributed by atoms with Crippen molar-refractivity contribution in [1.29, 1.82) is 5.26 Å². The van der Waals surface area contributed by atoms with E-state index in [-0.39, 0.29) is 12.5 Å². The Morgan fingerprint density at radius 3 is 2.61 bits per heavy atom. The molecule has 6 heteroatoms. The Balaban J connectivity index is 1.99. The van der Waals surface area contributed by atoms with Gasteiger partial charge in [0.15, 0.2) is 6.61 Å². The summed E-state index contributed by atoms with van der Waals surface area (Å²) in [6.07, 6.45) is 0. The average Bonchev–Trinajstić information content (AvgIpc) is 2.56.